The fourth-order valence-corrected chi connectivity index (χ4v) is 3.25. The van der Waals surface area contributed by atoms with Gasteiger partial charge < -0.3 is 19.9 Å². The molecule has 7 heteroatoms. The predicted octanol–water partition coefficient (Wildman–Crippen LogP) is 2.99. The van der Waals surface area contributed by atoms with Gasteiger partial charge in [0, 0.05) is 43.9 Å². The summed E-state index contributed by atoms with van der Waals surface area (Å²) in [4.78, 5) is 39.7. The van der Waals surface area contributed by atoms with Crippen LogP contribution in [-0.2, 0) is 16.1 Å². The highest BCUT2D eigenvalue weighted by atomic mass is 16.5. The van der Waals surface area contributed by atoms with Gasteiger partial charge in [0.1, 0.15) is 5.75 Å². The molecule has 0 unspecified atom stereocenters. The van der Waals surface area contributed by atoms with Gasteiger partial charge in [0.15, 0.2) is 6.61 Å². The molecule has 164 valence electrons. The maximum Gasteiger partial charge on any atom is 0.258 e. The Balaban J connectivity index is 1.44. The molecular formula is C24H29N3O4. The first-order chi connectivity index (χ1) is 14.8. The van der Waals surface area contributed by atoms with Crippen LogP contribution in [0.4, 0.5) is 5.69 Å². The predicted molar refractivity (Wildman–Crippen MR) is 119 cm³/mol. The van der Waals surface area contributed by atoms with Crippen LogP contribution in [0.25, 0.3) is 0 Å². The van der Waals surface area contributed by atoms with Gasteiger partial charge in [0.2, 0.25) is 5.91 Å². The molecule has 2 aromatic carbocycles. The van der Waals surface area contributed by atoms with Crippen molar-refractivity contribution in [1.29, 1.82) is 0 Å². The number of carbonyl (C=O) groups excluding carboxylic acids is 3. The fraction of sp³-hybridized carbons (Fsp3) is 0.375. The number of anilines is 1. The molecule has 0 atom stereocenters. The number of hydrogen-bond acceptors (Lipinski definition) is 4. The largest absolute Gasteiger partial charge is 0.484 e. The normalized spacial score (nSPS) is 13.4. The lowest BCUT2D eigenvalue weighted by Gasteiger charge is -2.21. The van der Waals surface area contributed by atoms with E-state index in [9.17, 15) is 14.4 Å². The number of rotatable bonds is 8. The Hall–Kier alpha value is -3.35. The van der Waals surface area contributed by atoms with E-state index in [1.165, 1.54) is 0 Å². The topological polar surface area (TPSA) is 79.0 Å². The maximum atomic E-state index is 12.3. The molecule has 0 saturated carbocycles. The molecule has 2 aromatic rings. The Bertz CT molecular complexity index is 923. The molecule has 1 heterocycles. The molecule has 3 rings (SSSR count). The first-order valence-corrected chi connectivity index (χ1v) is 10.5. The fourth-order valence-electron chi connectivity index (χ4n) is 3.25. The molecule has 0 aromatic heterocycles. The SMILES string of the molecule is CC(C)N(C)C(=O)c1ccc(CNC(=O)COc2ccc(N3CCCC3=O)cc2)cc1. The Morgan fingerprint density at radius 1 is 1.10 bits per heavy atom. The van der Waals surface area contributed by atoms with Crippen molar-refractivity contribution in [3.8, 4) is 5.75 Å². The molecule has 1 aliphatic rings. The first kappa shape index (κ1) is 22.3. The van der Waals surface area contributed by atoms with Crippen LogP contribution in [0.3, 0.4) is 0 Å². The number of benzene rings is 2. The molecule has 7 nitrogen and oxygen atoms in total. The zero-order valence-corrected chi connectivity index (χ0v) is 18.3. The lowest BCUT2D eigenvalue weighted by molar-refractivity contribution is -0.123. The van der Waals surface area contributed by atoms with Gasteiger partial charge in [-0.2, -0.15) is 0 Å². The van der Waals surface area contributed by atoms with E-state index in [1.807, 2.05) is 38.1 Å². The summed E-state index contributed by atoms with van der Waals surface area (Å²) in [6.45, 7) is 4.93. The molecule has 1 N–H and O–H groups in total. The van der Waals surface area contributed by atoms with E-state index in [2.05, 4.69) is 5.32 Å². The van der Waals surface area contributed by atoms with E-state index >= 15 is 0 Å². The van der Waals surface area contributed by atoms with Crippen molar-refractivity contribution in [1.82, 2.24) is 10.2 Å². The van der Waals surface area contributed by atoms with Crippen molar-refractivity contribution in [2.75, 3.05) is 25.1 Å². The summed E-state index contributed by atoms with van der Waals surface area (Å²) in [6.07, 6.45) is 1.47. The minimum Gasteiger partial charge on any atom is -0.484 e. The van der Waals surface area contributed by atoms with Gasteiger partial charge in [-0.05, 0) is 62.2 Å². The summed E-state index contributed by atoms with van der Waals surface area (Å²) in [6, 6.07) is 14.5. The summed E-state index contributed by atoms with van der Waals surface area (Å²) >= 11 is 0. The molecule has 0 spiro atoms. The summed E-state index contributed by atoms with van der Waals surface area (Å²) in [5.41, 5.74) is 2.37. The van der Waals surface area contributed by atoms with Crippen LogP contribution in [-0.4, -0.2) is 48.9 Å². The van der Waals surface area contributed by atoms with Crippen molar-refractivity contribution < 1.29 is 19.1 Å². The third-order valence-electron chi connectivity index (χ3n) is 5.38. The van der Waals surface area contributed by atoms with Gasteiger partial charge in [-0.3, -0.25) is 14.4 Å². The van der Waals surface area contributed by atoms with Crippen molar-refractivity contribution in [3.05, 3.63) is 59.7 Å². The van der Waals surface area contributed by atoms with E-state index < -0.39 is 0 Å². The Morgan fingerprint density at radius 3 is 2.35 bits per heavy atom. The standard InChI is InChI=1S/C24H29N3O4/c1-17(2)26(3)24(30)19-8-6-18(7-9-19)15-25-22(28)16-31-21-12-10-20(11-13-21)27-14-4-5-23(27)29/h6-13,17H,4-5,14-16H2,1-3H3,(H,25,28). The highest BCUT2D eigenvalue weighted by Crippen LogP contribution is 2.23. The van der Waals surface area contributed by atoms with Crippen LogP contribution in [0.1, 0.15) is 42.6 Å². The second-order valence-electron chi connectivity index (χ2n) is 7.91. The van der Waals surface area contributed by atoms with Crippen LogP contribution >= 0.6 is 0 Å². The average molecular weight is 424 g/mol. The van der Waals surface area contributed by atoms with Gasteiger partial charge >= 0.3 is 0 Å². The molecule has 0 radical (unpaired) electrons. The van der Waals surface area contributed by atoms with Crippen LogP contribution in [0.2, 0.25) is 0 Å². The number of nitrogens with zero attached hydrogens (tertiary/aromatic N) is 2. The van der Waals surface area contributed by atoms with Crippen LogP contribution in [0.5, 0.6) is 5.75 Å². The number of amides is 3. The lowest BCUT2D eigenvalue weighted by Crippen LogP contribution is -2.33. The summed E-state index contributed by atoms with van der Waals surface area (Å²) in [5, 5.41) is 2.81. The molecule has 31 heavy (non-hydrogen) atoms. The third-order valence-corrected chi connectivity index (χ3v) is 5.38. The van der Waals surface area contributed by atoms with Crippen LogP contribution in [0.15, 0.2) is 48.5 Å². The second-order valence-corrected chi connectivity index (χ2v) is 7.91. The monoisotopic (exact) mass is 423 g/mol. The van der Waals surface area contributed by atoms with Crippen molar-refractivity contribution >= 4 is 23.4 Å². The Morgan fingerprint density at radius 2 is 1.77 bits per heavy atom. The van der Waals surface area contributed by atoms with Gasteiger partial charge in [-0.15, -0.1) is 0 Å². The Labute approximate surface area is 183 Å². The molecule has 1 saturated heterocycles. The van der Waals surface area contributed by atoms with Crippen molar-refractivity contribution in [3.63, 3.8) is 0 Å². The molecular weight excluding hydrogens is 394 g/mol. The summed E-state index contributed by atoms with van der Waals surface area (Å²) in [7, 11) is 1.78. The van der Waals surface area contributed by atoms with Crippen LogP contribution in [0, 0.1) is 0 Å². The van der Waals surface area contributed by atoms with E-state index in [4.69, 9.17) is 4.74 Å². The van der Waals surface area contributed by atoms with Gasteiger partial charge in [0.25, 0.3) is 11.8 Å². The van der Waals surface area contributed by atoms with Crippen LogP contribution < -0.4 is 15.0 Å². The minimum absolute atomic E-state index is 0.0286. The second kappa shape index (κ2) is 10.1. The molecule has 3 amide bonds. The first-order valence-electron chi connectivity index (χ1n) is 10.5. The van der Waals surface area contributed by atoms with E-state index in [-0.39, 0.29) is 30.4 Å². The smallest absolute Gasteiger partial charge is 0.258 e. The quantitative estimate of drug-likeness (QED) is 0.708. The number of carbonyl (C=O) groups is 3. The highest BCUT2D eigenvalue weighted by Gasteiger charge is 2.21. The summed E-state index contributed by atoms with van der Waals surface area (Å²) < 4.78 is 5.53. The molecule has 1 fully saturated rings. The molecule has 0 aliphatic carbocycles. The highest BCUT2D eigenvalue weighted by molar-refractivity contribution is 5.95. The lowest BCUT2D eigenvalue weighted by atomic mass is 10.1. The van der Waals surface area contributed by atoms with Crippen molar-refractivity contribution in [2.45, 2.75) is 39.3 Å². The zero-order valence-electron chi connectivity index (χ0n) is 18.3. The van der Waals surface area contributed by atoms with Crippen molar-refractivity contribution in [2.24, 2.45) is 0 Å². The Kier molecular flexibility index (Phi) is 7.28. The van der Waals surface area contributed by atoms with Gasteiger partial charge in [0.05, 0.1) is 0 Å². The maximum absolute atomic E-state index is 12.3. The molecule has 0 bridgehead atoms. The van der Waals surface area contributed by atoms with E-state index in [1.54, 1.807) is 41.1 Å². The van der Waals surface area contributed by atoms with Gasteiger partial charge in [-0.25, -0.2) is 0 Å². The van der Waals surface area contributed by atoms with E-state index in [0.717, 1.165) is 24.2 Å². The third kappa shape index (κ3) is 5.84. The number of ether oxygens (including phenoxy) is 1. The number of nitrogens with one attached hydrogen (secondary N) is 1. The average Bonchev–Trinajstić information content (AvgIpc) is 3.21. The minimum atomic E-state index is -0.238. The van der Waals surface area contributed by atoms with Gasteiger partial charge in [-0.1, -0.05) is 12.1 Å². The molecule has 1 aliphatic heterocycles. The number of hydrogen-bond donors (Lipinski definition) is 1. The van der Waals surface area contributed by atoms with E-state index in [0.29, 0.717) is 24.3 Å². The summed E-state index contributed by atoms with van der Waals surface area (Å²) in [5.74, 6) is 0.442. The zero-order chi connectivity index (χ0) is 22.4.